The number of amides is 2. The normalized spacial score (nSPS) is 36.2. The van der Waals surface area contributed by atoms with E-state index in [-0.39, 0.29) is 40.6 Å². The molecule has 1 unspecified atom stereocenters. The van der Waals surface area contributed by atoms with Crippen LogP contribution in [0.2, 0.25) is 0 Å². The molecule has 0 aromatic heterocycles. The number of nitrogens with zero attached hydrogens (tertiary/aromatic N) is 2. The first-order valence-corrected chi connectivity index (χ1v) is 11.8. The number of hydrogen-bond donors (Lipinski definition) is 0. The van der Waals surface area contributed by atoms with Crippen molar-refractivity contribution >= 4 is 27.5 Å². The summed E-state index contributed by atoms with van der Waals surface area (Å²) in [6, 6.07) is 14.0. The van der Waals surface area contributed by atoms with Crippen molar-refractivity contribution in [1.29, 1.82) is 0 Å². The quantitative estimate of drug-likeness (QED) is 0.563. The van der Waals surface area contributed by atoms with Gasteiger partial charge in [0.2, 0.25) is 21.8 Å². The van der Waals surface area contributed by atoms with Gasteiger partial charge in [-0.1, -0.05) is 35.4 Å². The third kappa shape index (κ3) is 2.19. The van der Waals surface area contributed by atoms with Crippen LogP contribution in [-0.4, -0.2) is 36.6 Å². The minimum absolute atomic E-state index is 0.0721. The van der Waals surface area contributed by atoms with E-state index < -0.39 is 21.9 Å². The summed E-state index contributed by atoms with van der Waals surface area (Å²) in [4.78, 5) is 28.1. The molecule has 4 fully saturated rings. The number of piperidine rings is 1. The lowest BCUT2D eigenvalue weighted by atomic mass is 9.81. The van der Waals surface area contributed by atoms with Gasteiger partial charge in [0.1, 0.15) is 0 Å². The standard InChI is InChI=1S/C23H22N2O4S/c1-12-3-7-14(8-4-12)24-22(26)18-16-11-17(19(18)23(24)27)21-20(16)25(21)30(28,29)15-9-5-13(2)6-10-15/h3-10,16-21H,11H2,1-2H3/t16-,17+,18-,19+,20+,21-,25?. The van der Waals surface area contributed by atoms with Gasteiger partial charge in [-0.2, -0.15) is 4.31 Å². The zero-order valence-electron chi connectivity index (χ0n) is 16.7. The van der Waals surface area contributed by atoms with Gasteiger partial charge in [0.05, 0.1) is 22.4 Å². The van der Waals surface area contributed by atoms with Gasteiger partial charge in [0.25, 0.3) is 0 Å². The first kappa shape index (κ1) is 18.3. The first-order chi connectivity index (χ1) is 14.3. The van der Waals surface area contributed by atoms with Crippen molar-refractivity contribution in [3.05, 3.63) is 59.7 Å². The Labute approximate surface area is 175 Å². The summed E-state index contributed by atoms with van der Waals surface area (Å²) in [7, 11) is -3.61. The minimum Gasteiger partial charge on any atom is -0.274 e. The minimum atomic E-state index is -3.61. The van der Waals surface area contributed by atoms with Crippen LogP contribution in [0, 0.1) is 37.5 Å². The van der Waals surface area contributed by atoms with E-state index in [1.165, 1.54) is 4.90 Å². The topological polar surface area (TPSA) is 74.5 Å². The number of benzene rings is 2. The highest BCUT2D eigenvalue weighted by Crippen LogP contribution is 2.66. The fourth-order valence-electron chi connectivity index (χ4n) is 6.16. The number of imide groups is 1. The molecule has 2 bridgehead atoms. The predicted octanol–water partition coefficient (Wildman–Crippen LogP) is 2.50. The third-order valence-corrected chi connectivity index (χ3v) is 9.39. The van der Waals surface area contributed by atoms with Crippen molar-refractivity contribution in [3.63, 3.8) is 0 Å². The smallest absolute Gasteiger partial charge is 0.243 e. The van der Waals surface area contributed by atoms with E-state index in [1.807, 2.05) is 38.1 Å². The molecule has 2 aromatic carbocycles. The number of rotatable bonds is 3. The molecule has 154 valence electrons. The molecule has 6 nitrogen and oxygen atoms in total. The molecule has 7 atom stereocenters. The number of fused-ring (bicyclic) bond motifs is 8. The summed E-state index contributed by atoms with van der Waals surface area (Å²) in [5.41, 5.74) is 2.68. The molecule has 2 aliphatic heterocycles. The molecule has 30 heavy (non-hydrogen) atoms. The van der Waals surface area contributed by atoms with E-state index in [1.54, 1.807) is 28.6 Å². The largest absolute Gasteiger partial charge is 0.274 e. The van der Waals surface area contributed by atoms with Crippen LogP contribution in [-0.2, 0) is 19.6 Å². The summed E-state index contributed by atoms with van der Waals surface area (Å²) < 4.78 is 27.9. The molecule has 0 spiro atoms. The highest BCUT2D eigenvalue weighted by molar-refractivity contribution is 7.89. The lowest BCUT2D eigenvalue weighted by molar-refractivity contribution is -0.123. The maximum absolute atomic E-state index is 13.2. The molecule has 2 saturated heterocycles. The van der Waals surface area contributed by atoms with Gasteiger partial charge < -0.3 is 0 Å². The monoisotopic (exact) mass is 422 g/mol. The third-order valence-electron chi connectivity index (χ3n) is 7.48. The van der Waals surface area contributed by atoms with Crippen LogP contribution < -0.4 is 4.90 Å². The van der Waals surface area contributed by atoms with Crippen LogP contribution in [0.5, 0.6) is 0 Å². The molecule has 0 N–H and O–H groups in total. The SMILES string of the molecule is Cc1ccc(N2C(=O)[C@@H]3[C@H]4C[C@@H]([C@@H]3C2=O)[C@@H]2[C@H]4N2S(=O)(=O)c2ccc(C)cc2)cc1. The van der Waals surface area contributed by atoms with Gasteiger partial charge in [-0.3, -0.25) is 14.5 Å². The van der Waals surface area contributed by atoms with Crippen molar-refractivity contribution in [2.45, 2.75) is 37.2 Å². The lowest BCUT2D eigenvalue weighted by Crippen LogP contribution is -2.34. The summed E-state index contributed by atoms with van der Waals surface area (Å²) in [5.74, 6) is -1.28. The summed E-state index contributed by atoms with van der Waals surface area (Å²) in [6.07, 6.45) is 0.768. The molecule has 2 aliphatic carbocycles. The molecule has 2 amide bonds. The van der Waals surface area contributed by atoms with Crippen LogP contribution in [0.15, 0.2) is 53.4 Å². The van der Waals surface area contributed by atoms with Crippen molar-refractivity contribution in [2.75, 3.05) is 4.90 Å². The molecule has 2 saturated carbocycles. The highest BCUT2D eigenvalue weighted by Gasteiger charge is 2.78. The van der Waals surface area contributed by atoms with Crippen molar-refractivity contribution in [3.8, 4) is 0 Å². The zero-order valence-corrected chi connectivity index (χ0v) is 17.5. The predicted molar refractivity (Wildman–Crippen MR) is 110 cm³/mol. The number of carbonyl (C=O) groups is 2. The van der Waals surface area contributed by atoms with E-state index in [2.05, 4.69) is 0 Å². The van der Waals surface area contributed by atoms with Crippen LogP contribution in [0.3, 0.4) is 0 Å². The Kier molecular flexibility index (Phi) is 3.53. The van der Waals surface area contributed by atoms with Crippen LogP contribution in [0.1, 0.15) is 17.5 Å². The van der Waals surface area contributed by atoms with E-state index in [0.717, 1.165) is 17.5 Å². The molecule has 2 heterocycles. The Morgan fingerprint density at radius 2 is 1.23 bits per heavy atom. The van der Waals surface area contributed by atoms with Gasteiger partial charge in [0.15, 0.2) is 0 Å². The summed E-state index contributed by atoms with van der Waals surface area (Å²) >= 11 is 0. The average Bonchev–Trinajstić information content (AvgIpc) is 3.11. The molecular formula is C23H22N2O4S. The second-order valence-corrected chi connectivity index (χ2v) is 10.9. The number of hydrogen-bond acceptors (Lipinski definition) is 4. The number of anilines is 1. The van der Waals surface area contributed by atoms with Crippen LogP contribution in [0.4, 0.5) is 5.69 Å². The van der Waals surface area contributed by atoms with E-state index >= 15 is 0 Å². The Hall–Kier alpha value is -2.51. The Bertz CT molecular complexity index is 1150. The maximum Gasteiger partial charge on any atom is 0.243 e. The lowest BCUT2D eigenvalue weighted by Gasteiger charge is -2.20. The number of carbonyl (C=O) groups excluding carboxylic acids is 2. The van der Waals surface area contributed by atoms with Crippen molar-refractivity contribution in [2.24, 2.45) is 23.7 Å². The average molecular weight is 423 g/mol. The second-order valence-electron chi connectivity index (χ2n) is 9.09. The molecule has 0 radical (unpaired) electrons. The zero-order chi connectivity index (χ0) is 20.9. The number of sulfonamides is 1. The number of aryl methyl sites for hydroxylation is 2. The molecule has 7 heteroatoms. The molecule has 2 aromatic rings. The Morgan fingerprint density at radius 1 is 0.767 bits per heavy atom. The van der Waals surface area contributed by atoms with Gasteiger partial charge in [-0.05, 0) is 56.4 Å². The maximum atomic E-state index is 13.2. The van der Waals surface area contributed by atoms with Crippen LogP contribution >= 0.6 is 0 Å². The van der Waals surface area contributed by atoms with E-state index in [0.29, 0.717) is 5.69 Å². The van der Waals surface area contributed by atoms with Crippen molar-refractivity contribution < 1.29 is 18.0 Å². The van der Waals surface area contributed by atoms with E-state index in [4.69, 9.17) is 0 Å². The summed E-state index contributed by atoms with van der Waals surface area (Å²) in [6.45, 7) is 3.88. The van der Waals surface area contributed by atoms with Crippen LogP contribution in [0.25, 0.3) is 0 Å². The molecule has 6 rings (SSSR count). The van der Waals surface area contributed by atoms with Gasteiger partial charge in [0, 0.05) is 12.1 Å². The molecule has 4 aliphatic rings. The Balaban J connectivity index is 1.31. The second kappa shape index (κ2) is 5.80. The fraction of sp³-hybridized carbons (Fsp3) is 0.391. The van der Waals surface area contributed by atoms with Gasteiger partial charge in [-0.25, -0.2) is 8.42 Å². The van der Waals surface area contributed by atoms with E-state index in [9.17, 15) is 18.0 Å². The van der Waals surface area contributed by atoms with Crippen molar-refractivity contribution in [1.82, 2.24) is 4.31 Å². The first-order valence-electron chi connectivity index (χ1n) is 10.4. The fourth-order valence-corrected chi connectivity index (χ4v) is 8.03. The summed E-state index contributed by atoms with van der Waals surface area (Å²) in [5, 5.41) is 0. The van der Waals surface area contributed by atoms with Gasteiger partial charge in [-0.15, -0.1) is 0 Å². The van der Waals surface area contributed by atoms with Gasteiger partial charge >= 0.3 is 0 Å². The molecular weight excluding hydrogens is 400 g/mol. The Morgan fingerprint density at radius 3 is 1.73 bits per heavy atom. The highest BCUT2D eigenvalue weighted by atomic mass is 32.2.